The van der Waals surface area contributed by atoms with Crippen LogP contribution in [0.4, 0.5) is 4.39 Å². The predicted octanol–water partition coefficient (Wildman–Crippen LogP) is 2.67. The third-order valence-corrected chi connectivity index (χ3v) is 4.36. The van der Waals surface area contributed by atoms with E-state index in [2.05, 4.69) is 5.32 Å². The molecule has 2 aromatic rings. The van der Waals surface area contributed by atoms with Gasteiger partial charge in [-0.15, -0.1) is 0 Å². The van der Waals surface area contributed by atoms with Crippen LogP contribution >= 0.6 is 0 Å². The van der Waals surface area contributed by atoms with Crippen LogP contribution in [0.1, 0.15) is 30.0 Å². The van der Waals surface area contributed by atoms with Gasteiger partial charge in [-0.2, -0.15) is 0 Å². The molecule has 1 aliphatic rings. The molecule has 1 aliphatic carbocycles. The maximum Gasteiger partial charge on any atom is 0.239 e. The number of rotatable bonds is 6. The van der Waals surface area contributed by atoms with Crippen LogP contribution in [-0.2, 0) is 10.2 Å². The number of benzene rings is 2. The lowest BCUT2D eigenvalue weighted by Crippen LogP contribution is -2.38. The number of nitrogens with one attached hydrogen (secondary N) is 1. The Kier molecular flexibility index (Phi) is 3.94. The zero-order valence-corrected chi connectivity index (χ0v) is 12.3. The van der Waals surface area contributed by atoms with Gasteiger partial charge in [-0.3, -0.25) is 4.79 Å². The number of halogens is 1. The lowest BCUT2D eigenvalue weighted by molar-refractivity contribution is -0.120. The minimum Gasteiger partial charge on any atom is -0.368 e. The molecule has 0 unspecified atom stereocenters. The number of carbonyl (C=O) groups is 1. The van der Waals surface area contributed by atoms with Crippen molar-refractivity contribution in [3.63, 3.8) is 0 Å². The molecule has 0 bridgehead atoms. The number of carbonyl (C=O) groups excluding carboxylic acids is 1. The molecule has 2 aromatic carbocycles. The molecule has 1 saturated carbocycles. The van der Waals surface area contributed by atoms with E-state index in [9.17, 15) is 9.18 Å². The van der Waals surface area contributed by atoms with Crippen molar-refractivity contribution in [2.75, 3.05) is 6.54 Å². The van der Waals surface area contributed by atoms with Gasteiger partial charge >= 0.3 is 0 Å². The van der Waals surface area contributed by atoms with E-state index in [1.165, 1.54) is 6.07 Å². The summed E-state index contributed by atoms with van der Waals surface area (Å²) in [6.45, 7) is 0.538. The van der Waals surface area contributed by atoms with Crippen LogP contribution < -0.4 is 11.1 Å². The van der Waals surface area contributed by atoms with Crippen LogP contribution in [0, 0.1) is 5.82 Å². The Hall–Kier alpha value is -2.20. The normalized spacial score (nSPS) is 17.0. The summed E-state index contributed by atoms with van der Waals surface area (Å²) in [5.41, 5.74) is 6.85. The maximum atomic E-state index is 14.0. The van der Waals surface area contributed by atoms with Crippen molar-refractivity contribution in [3.05, 3.63) is 71.5 Å². The molecule has 1 atom stereocenters. The molecular formula is C18H19FN2O. The number of hydrogen-bond donors (Lipinski definition) is 2. The molecule has 0 aromatic heterocycles. The van der Waals surface area contributed by atoms with E-state index < -0.39 is 11.9 Å². The fourth-order valence-electron chi connectivity index (χ4n) is 2.91. The molecule has 0 saturated heterocycles. The summed E-state index contributed by atoms with van der Waals surface area (Å²) in [4.78, 5) is 11.7. The average Bonchev–Trinajstić information content (AvgIpc) is 3.29. The molecule has 1 amide bonds. The second-order valence-corrected chi connectivity index (χ2v) is 5.89. The molecule has 3 nitrogen and oxygen atoms in total. The zero-order chi connectivity index (χ0) is 15.6. The topological polar surface area (TPSA) is 55.1 Å². The summed E-state index contributed by atoms with van der Waals surface area (Å²) >= 11 is 0. The van der Waals surface area contributed by atoms with Crippen LogP contribution in [-0.4, -0.2) is 12.5 Å². The van der Waals surface area contributed by atoms with E-state index in [0.717, 1.165) is 24.0 Å². The van der Waals surface area contributed by atoms with Gasteiger partial charge in [0.2, 0.25) is 5.91 Å². The molecule has 3 N–H and O–H groups in total. The zero-order valence-electron chi connectivity index (χ0n) is 12.3. The molecular weight excluding hydrogens is 279 g/mol. The molecule has 1 fully saturated rings. The fourth-order valence-corrected chi connectivity index (χ4v) is 2.91. The quantitative estimate of drug-likeness (QED) is 0.861. The highest BCUT2D eigenvalue weighted by atomic mass is 19.1. The van der Waals surface area contributed by atoms with E-state index >= 15 is 0 Å². The molecule has 22 heavy (non-hydrogen) atoms. The van der Waals surface area contributed by atoms with Crippen molar-refractivity contribution in [2.45, 2.75) is 24.3 Å². The summed E-state index contributed by atoms with van der Waals surface area (Å²) in [7, 11) is 0. The van der Waals surface area contributed by atoms with Crippen LogP contribution in [0.3, 0.4) is 0 Å². The van der Waals surface area contributed by atoms with Gasteiger partial charge in [0.05, 0.1) is 0 Å². The van der Waals surface area contributed by atoms with Crippen molar-refractivity contribution < 1.29 is 9.18 Å². The number of hydrogen-bond acceptors (Lipinski definition) is 2. The van der Waals surface area contributed by atoms with Crippen molar-refractivity contribution in [1.29, 1.82) is 0 Å². The highest BCUT2D eigenvalue weighted by molar-refractivity contribution is 5.81. The second-order valence-electron chi connectivity index (χ2n) is 5.89. The van der Waals surface area contributed by atoms with E-state index in [1.54, 1.807) is 6.07 Å². The smallest absolute Gasteiger partial charge is 0.239 e. The first kappa shape index (κ1) is 14.7. The number of nitrogens with two attached hydrogens (primary N) is 1. The summed E-state index contributed by atoms with van der Waals surface area (Å²) in [5, 5.41) is 3.22. The van der Waals surface area contributed by atoms with Crippen molar-refractivity contribution in [2.24, 2.45) is 5.73 Å². The van der Waals surface area contributed by atoms with E-state index in [0.29, 0.717) is 6.54 Å². The Morgan fingerprint density at radius 1 is 1.14 bits per heavy atom. The van der Waals surface area contributed by atoms with Gasteiger partial charge in [0.15, 0.2) is 0 Å². The fraction of sp³-hybridized carbons (Fsp3) is 0.278. The number of primary amides is 1. The van der Waals surface area contributed by atoms with Crippen molar-refractivity contribution >= 4 is 5.91 Å². The molecule has 0 heterocycles. The van der Waals surface area contributed by atoms with Gasteiger partial charge in [-0.25, -0.2) is 4.39 Å². The van der Waals surface area contributed by atoms with Gasteiger partial charge in [-0.05, 0) is 30.0 Å². The molecule has 0 spiro atoms. The molecule has 0 aliphatic heterocycles. The maximum absolute atomic E-state index is 14.0. The summed E-state index contributed by atoms with van der Waals surface area (Å²) < 4.78 is 14.0. The van der Waals surface area contributed by atoms with Crippen LogP contribution in [0.25, 0.3) is 0 Å². The third-order valence-electron chi connectivity index (χ3n) is 4.36. The number of amides is 1. The molecule has 4 heteroatoms. The largest absolute Gasteiger partial charge is 0.368 e. The monoisotopic (exact) mass is 298 g/mol. The summed E-state index contributed by atoms with van der Waals surface area (Å²) in [6, 6.07) is 15.7. The highest BCUT2D eigenvalue weighted by Crippen LogP contribution is 2.48. The SMILES string of the molecule is NC(=O)[C@H](NCC1(c2ccccc2F)CC1)c1ccccc1. The Labute approximate surface area is 129 Å². The second kappa shape index (κ2) is 5.89. The van der Waals surface area contributed by atoms with Crippen LogP contribution in [0.15, 0.2) is 54.6 Å². The Morgan fingerprint density at radius 3 is 2.36 bits per heavy atom. The highest BCUT2D eigenvalue weighted by Gasteiger charge is 2.46. The third kappa shape index (κ3) is 2.88. The van der Waals surface area contributed by atoms with Gasteiger partial charge in [0.1, 0.15) is 11.9 Å². The van der Waals surface area contributed by atoms with E-state index in [1.807, 2.05) is 42.5 Å². The lowest BCUT2D eigenvalue weighted by atomic mass is 9.94. The standard InChI is InChI=1S/C18H19FN2O/c19-15-9-5-4-8-14(15)18(10-11-18)12-21-16(17(20)22)13-6-2-1-3-7-13/h1-9,16,21H,10-12H2,(H2,20,22)/t16-/m1/s1. The first-order valence-electron chi connectivity index (χ1n) is 7.45. The Balaban J connectivity index is 1.76. The van der Waals surface area contributed by atoms with E-state index in [-0.39, 0.29) is 11.2 Å². The Bertz CT molecular complexity index is 668. The minimum atomic E-state index is -0.551. The molecule has 3 rings (SSSR count). The molecule has 0 radical (unpaired) electrons. The van der Waals surface area contributed by atoms with Gasteiger partial charge in [-0.1, -0.05) is 48.5 Å². The van der Waals surface area contributed by atoms with Crippen molar-refractivity contribution in [1.82, 2.24) is 5.32 Å². The van der Waals surface area contributed by atoms with Gasteiger partial charge in [0, 0.05) is 12.0 Å². The summed E-state index contributed by atoms with van der Waals surface area (Å²) in [6.07, 6.45) is 1.84. The first-order chi connectivity index (χ1) is 10.6. The first-order valence-corrected chi connectivity index (χ1v) is 7.45. The van der Waals surface area contributed by atoms with Crippen LogP contribution in [0.2, 0.25) is 0 Å². The van der Waals surface area contributed by atoms with E-state index in [4.69, 9.17) is 5.73 Å². The van der Waals surface area contributed by atoms with Crippen molar-refractivity contribution in [3.8, 4) is 0 Å². The van der Waals surface area contributed by atoms with Gasteiger partial charge < -0.3 is 11.1 Å². The van der Waals surface area contributed by atoms with Crippen LogP contribution in [0.5, 0.6) is 0 Å². The molecule has 114 valence electrons. The average molecular weight is 298 g/mol. The van der Waals surface area contributed by atoms with Gasteiger partial charge in [0.25, 0.3) is 0 Å². The minimum absolute atomic E-state index is 0.183. The predicted molar refractivity (Wildman–Crippen MR) is 83.7 cm³/mol. The summed E-state index contributed by atoms with van der Waals surface area (Å²) in [5.74, 6) is -0.604. The Morgan fingerprint density at radius 2 is 1.77 bits per heavy atom. The lowest BCUT2D eigenvalue weighted by Gasteiger charge is -2.22.